The number of nitrogens with one attached hydrogen (secondary N) is 1. The van der Waals surface area contributed by atoms with E-state index in [0.29, 0.717) is 17.1 Å². The fourth-order valence-electron chi connectivity index (χ4n) is 1.19. The lowest BCUT2D eigenvalue weighted by molar-refractivity contribution is 0.0951. The molecule has 0 heterocycles. The fourth-order valence-corrected chi connectivity index (χ4v) is 1.68. The van der Waals surface area contributed by atoms with E-state index in [2.05, 4.69) is 5.32 Å². The van der Waals surface area contributed by atoms with Crippen molar-refractivity contribution >= 4 is 34.9 Å². The van der Waals surface area contributed by atoms with E-state index >= 15 is 0 Å². The van der Waals surface area contributed by atoms with Crippen LogP contribution in [0.5, 0.6) is 0 Å². The number of carbonyl (C=O) groups is 1. The molecule has 0 spiro atoms. The van der Waals surface area contributed by atoms with Crippen molar-refractivity contribution in [1.29, 1.82) is 0 Å². The molecular weight excluding hydrogens is 252 g/mol. The summed E-state index contributed by atoms with van der Waals surface area (Å²) in [6.07, 6.45) is 2.00. The Morgan fingerprint density at radius 3 is 2.53 bits per heavy atom. The van der Waals surface area contributed by atoms with Gasteiger partial charge in [0.05, 0.1) is 4.99 Å². The average Bonchev–Trinajstić information content (AvgIpc) is 2.35. The van der Waals surface area contributed by atoms with Gasteiger partial charge in [0.15, 0.2) is 0 Å². The molecule has 0 saturated heterocycles. The summed E-state index contributed by atoms with van der Waals surface area (Å²) in [4.78, 5) is 13.3. The summed E-state index contributed by atoms with van der Waals surface area (Å²) in [5.74, 6) is -0.0832. The maximum atomic E-state index is 11.8. The second kappa shape index (κ2) is 6.61. The Labute approximate surface area is 111 Å². The van der Waals surface area contributed by atoms with Crippen LogP contribution in [0, 0.1) is 5.92 Å². The zero-order valence-electron chi connectivity index (χ0n) is 9.90. The number of hydrogen-bond acceptors (Lipinski definition) is 3. The predicted molar refractivity (Wildman–Crippen MR) is 76.5 cm³/mol. The summed E-state index contributed by atoms with van der Waals surface area (Å²) in [6.45, 7) is 2.36. The van der Waals surface area contributed by atoms with E-state index in [4.69, 9.17) is 18.0 Å². The molecule has 0 fully saturated rings. The van der Waals surface area contributed by atoms with Crippen molar-refractivity contribution in [3.8, 4) is 0 Å². The first kappa shape index (κ1) is 14.0. The van der Waals surface area contributed by atoms with Crippen LogP contribution in [0.25, 0.3) is 0 Å². The lowest BCUT2D eigenvalue weighted by atomic mass is 10.1. The summed E-state index contributed by atoms with van der Waals surface area (Å²) in [5.41, 5.74) is 6.13. The molecule has 1 rings (SSSR count). The molecule has 1 amide bonds. The first-order valence-corrected chi connectivity index (χ1v) is 6.89. The van der Waals surface area contributed by atoms with Gasteiger partial charge in [-0.05, 0) is 30.5 Å². The van der Waals surface area contributed by atoms with Crippen molar-refractivity contribution in [2.24, 2.45) is 11.7 Å². The van der Waals surface area contributed by atoms with Crippen molar-refractivity contribution in [3.05, 3.63) is 29.8 Å². The van der Waals surface area contributed by atoms with Gasteiger partial charge in [-0.2, -0.15) is 0 Å². The van der Waals surface area contributed by atoms with Crippen LogP contribution in [0.3, 0.4) is 0 Å². The molecule has 1 unspecified atom stereocenters. The predicted octanol–water partition coefficient (Wildman–Crippen LogP) is 2.06. The maximum absolute atomic E-state index is 11.8. The lowest BCUT2D eigenvalue weighted by Crippen LogP contribution is -2.33. The number of nitrogens with two attached hydrogens (primary N) is 1. The average molecular weight is 268 g/mol. The molecule has 92 valence electrons. The number of benzene rings is 1. The molecule has 0 bridgehead atoms. The molecular formula is C12H16N2OS2. The van der Waals surface area contributed by atoms with E-state index in [1.54, 1.807) is 11.8 Å². The van der Waals surface area contributed by atoms with Gasteiger partial charge >= 0.3 is 0 Å². The monoisotopic (exact) mass is 268 g/mol. The number of hydrogen-bond donors (Lipinski definition) is 2. The number of amides is 1. The first-order chi connectivity index (χ1) is 8.04. The molecule has 0 aromatic heterocycles. The fraction of sp³-hybridized carbons (Fsp3) is 0.333. The molecule has 0 aliphatic heterocycles. The number of carbonyl (C=O) groups excluding carboxylic acids is 1. The Morgan fingerprint density at radius 2 is 2.06 bits per heavy atom. The van der Waals surface area contributed by atoms with Crippen LogP contribution in [0.4, 0.5) is 0 Å². The van der Waals surface area contributed by atoms with Crippen molar-refractivity contribution in [2.75, 3.05) is 12.8 Å². The highest BCUT2D eigenvalue weighted by atomic mass is 32.2. The summed E-state index contributed by atoms with van der Waals surface area (Å²) >= 11 is 6.49. The van der Waals surface area contributed by atoms with Gasteiger partial charge in [-0.1, -0.05) is 19.1 Å². The Morgan fingerprint density at radius 1 is 1.47 bits per heavy atom. The zero-order valence-corrected chi connectivity index (χ0v) is 11.5. The number of rotatable bonds is 5. The summed E-state index contributed by atoms with van der Waals surface area (Å²) in [5, 5.41) is 2.80. The highest BCUT2D eigenvalue weighted by molar-refractivity contribution is 7.98. The molecule has 1 atom stereocenters. The van der Waals surface area contributed by atoms with Crippen LogP contribution in [0.15, 0.2) is 29.2 Å². The molecule has 17 heavy (non-hydrogen) atoms. The van der Waals surface area contributed by atoms with Gasteiger partial charge in [0, 0.05) is 22.9 Å². The second-order valence-corrected chi connectivity index (χ2v) is 5.09. The Hall–Kier alpha value is -1.07. The molecule has 0 saturated carbocycles. The van der Waals surface area contributed by atoms with Gasteiger partial charge in [0.1, 0.15) is 0 Å². The van der Waals surface area contributed by atoms with Crippen molar-refractivity contribution in [3.63, 3.8) is 0 Å². The topological polar surface area (TPSA) is 55.1 Å². The molecule has 5 heteroatoms. The van der Waals surface area contributed by atoms with Gasteiger partial charge < -0.3 is 11.1 Å². The maximum Gasteiger partial charge on any atom is 0.251 e. The van der Waals surface area contributed by atoms with Gasteiger partial charge in [0.2, 0.25) is 0 Å². The first-order valence-electron chi connectivity index (χ1n) is 5.26. The van der Waals surface area contributed by atoms with E-state index in [-0.39, 0.29) is 11.8 Å². The largest absolute Gasteiger partial charge is 0.393 e. The normalized spacial score (nSPS) is 11.9. The standard InChI is InChI=1S/C12H16N2OS2/c1-8(11(13)16)7-14-12(15)9-3-5-10(17-2)6-4-9/h3-6,8H,7H2,1-2H3,(H2,13,16)(H,14,15). The third kappa shape index (κ3) is 4.36. The van der Waals surface area contributed by atoms with Crippen molar-refractivity contribution < 1.29 is 4.79 Å². The Bertz CT molecular complexity index is 403. The number of thiocarbonyl (C=S) groups is 1. The van der Waals surface area contributed by atoms with Gasteiger partial charge in [0.25, 0.3) is 5.91 Å². The molecule has 3 N–H and O–H groups in total. The van der Waals surface area contributed by atoms with E-state index in [1.807, 2.05) is 37.4 Å². The number of thioether (sulfide) groups is 1. The van der Waals surface area contributed by atoms with E-state index in [9.17, 15) is 4.79 Å². The minimum atomic E-state index is -0.0965. The minimum Gasteiger partial charge on any atom is -0.393 e. The van der Waals surface area contributed by atoms with Crippen LogP contribution < -0.4 is 11.1 Å². The van der Waals surface area contributed by atoms with Crippen molar-refractivity contribution in [1.82, 2.24) is 5.32 Å². The summed E-state index contributed by atoms with van der Waals surface area (Å²) in [6, 6.07) is 7.48. The Balaban J connectivity index is 2.55. The van der Waals surface area contributed by atoms with E-state index in [1.165, 1.54) is 0 Å². The Kier molecular flexibility index (Phi) is 5.44. The highest BCUT2D eigenvalue weighted by Crippen LogP contribution is 2.14. The van der Waals surface area contributed by atoms with E-state index < -0.39 is 0 Å². The third-order valence-electron chi connectivity index (χ3n) is 2.41. The smallest absolute Gasteiger partial charge is 0.251 e. The SMILES string of the molecule is CSc1ccc(C(=O)NCC(C)C(N)=S)cc1. The van der Waals surface area contributed by atoms with Gasteiger partial charge in [-0.25, -0.2) is 0 Å². The summed E-state index contributed by atoms with van der Waals surface area (Å²) < 4.78 is 0. The molecule has 0 radical (unpaired) electrons. The lowest BCUT2D eigenvalue weighted by Gasteiger charge is -2.11. The van der Waals surface area contributed by atoms with Crippen LogP contribution >= 0.6 is 24.0 Å². The van der Waals surface area contributed by atoms with Gasteiger partial charge in [-0.3, -0.25) is 4.79 Å². The van der Waals surface area contributed by atoms with Crippen LogP contribution in [-0.4, -0.2) is 23.7 Å². The molecule has 1 aromatic rings. The van der Waals surface area contributed by atoms with Crippen molar-refractivity contribution in [2.45, 2.75) is 11.8 Å². The van der Waals surface area contributed by atoms with Crippen LogP contribution in [0.1, 0.15) is 17.3 Å². The molecule has 0 aliphatic rings. The van der Waals surface area contributed by atoms with E-state index in [0.717, 1.165) is 4.90 Å². The quantitative estimate of drug-likeness (QED) is 0.634. The van der Waals surface area contributed by atoms with Crippen LogP contribution in [-0.2, 0) is 0 Å². The highest BCUT2D eigenvalue weighted by Gasteiger charge is 2.09. The molecule has 3 nitrogen and oxygen atoms in total. The molecule has 1 aromatic carbocycles. The third-order valence-corrected chi connectivity index (χ3v) is 3.55. The second-order valence-electron chi connectivity index (χ2n) is 3.74. The minimum absolute atomic E-state index is 0.0134. The summed E-state index contributed by atoms with van der Waals surface area (Å²) in [7, 11) is 0. The molecule has 0 aliphatic carbocycles. The van der Waals surface area contributed by atoms with Gasteiger partial charge in [-0.15, -0.1) is 11.8 Å². The zero-order chi connectivity index (χ0) is 12.8. The van der Waals surface area contributed by atoms with Crippen LogP contribution in [0.2, 0.25) is 0 Å².